The zero-order valence-corrected chi connectivity index (χ0v) is 28.0. The average molecular weight is 716 g/mol. The number of benzene rings is 4. The first-order valence-corrected chi connectivity index (χ1v) is 17.1. The van der Waals surface area contributed by atoms with E-state index in [4.69, 9.17) is 0 Å². The quantitative estimate of drug-likeness (QED) is 0.138. The largest absolute Gasteiger partial charge is 0.508 e. The summed E-state index contributed by atoms with van der Waals surface area (Å²) in [6.45, 7) is 1.79. The number of hydrogen-bond donors (Lipinski definition) is 1. The fourth-order valence-electron chi connectivity index (χ4n) is 8.71. The van der Waals surface area contributed by atoms with Crippen molar-refractivity contribution in [2.24, 2.45) is 29.1 Å². The summed E-state index contributed by atoms with van der Waals surface area (Å²) in [5, 5.41) is 11.2. The van der Waals surface area contributed by atoms with Gasteiger partial charge in [0.15, 0.2) is 5.78 Å². The van der Waals surface area contributed by atoms with Gasteiger partial charge >= 0.3 is 0 Å². The molecule has 4 aliphatic rings. The minimum Gasteiger partial charge on any atom is -0.508 e. The normalized spacial score (nSPS) is 27.5. The number of carbonyl (C=O) groups is 5. The number of carbonyl (C=O) groups excluding carboxylic acids is 5. The van der Waals surface area contributed by atoms with Crippen molar-refractivity contribution in [2.75, 3.05) is 9.80 Å². The Labute approximate surface area is 291 Å². The van der Waals surface area contributed by atoms with E-state index in [0.717, 1.165) is 5.57 Å². The molecule has 4 aromatic carbocycles. The molecular weight excluding hydrogens is 684 g/mol. The predicted octanol–water partition coefficient (Wildman–Crippen LogP) is 6.82. The topological polar surface area (TPSA) is 112 Å². The average Bonchev–Trinajstić information content (AvgIpc) is 3.49. The molecule has 1 N–H and O–H groups in total. The Bertz CT molecular complexity index is 2100. The van der Waals surface area contributed by atoms with Crippen LogP contribution in [0.1, 0.15) is 47.2 Å². The standard InChI is InChI=1S/C40H31BrN2O6/c1-40-31(37(47)43(39(40)49)25-10-6-3-7-11-25)21-29-27(34(40)30-20-24(41)14-19-32(30)44)17-18-28-33(29)38(48)42(36(28)46)26-15-12-23(13-16-26)35(45)22-8-4-2-5-9-22/h2-17,19-20,28-29,31,33-34,44H,18,21H2,1H3. The molecular formula is C40H31BrN2O6. The SMILES string of the molecule is CC12C(=O)N(c3ccccc3)C(=O)C1CC1C(=CCC3C(=O)N(c4ccc(C(=O)c5ccccc5)cc4)C(=O)C31)C2c1cc(Br)ccc1O. The first kappa shape index (κ1) is 31.1. The fraction of sp³-hybridized carbons (Fsp3) is 0.225. The number of hydrogen-bond acceptors (Lipinski definition) is 6. The number of fused-ring (bicyclic) bond motifs is 4. The van der Waals surface area contributed by atoms with E-state index in [0.29, 0.717) is 32.5 Å². The van der Waals surface area contributed by atoms with Crippen molar-refractivity contribution in [2.45, 2.75) is 25.7 Å². The van der Waals surface area contributed by atoms with Gasteiger partial charge in [0.25, 0.3) is 0 Å². The molecule has 49 heavy (non-hydrogen) atoms. The molecule has 0 radical (unpaired) electrons. The number of allylic oxidation sites excluding steroid dienone is 2. The Morgan fingerprint density at radius 3 is 2.08 bits per heavy atom. The highest BCUT2D eigenvalue weighted by molar-refractivity contribution is 9.10. The van der Waals surface area contributed by atoms with Crippen LogP contribution in [0.4, 0.5) is 11.4 Å². The summed E-state index contributed by atoms with van der Waals surface area (Å²) >= 11 is 3.52. The molecule has 8 rings (SSSR count). The van der Waals surface area contributed by atoms with Gasteiger partial charge in [-0.15, -0.1) is 0 Å². The molecule has 2 saturated heterocycles. The maximum Gasteiger partial charge on any atom is 0.241 e. The zero-order chi connectivity index (χ0) is 34.2. The highest BCUT2D eigenvalue weighted by Gasteiger charge is 2.68. The lowest BCUT2D eigenvalue weighted by atomic mass is 9.51. The number of rotatable bonds is 5. The number of phenols is 1. The van der Waals surface area contributed by atoms with Gasteiger partial charge in [0.05, 0.1) is 34.5 Å². The second kappa shape index (κ2) is 11.5. The van der Waals surface area contributed by atoms with Crippen molar-refractivity contribution in [3.8, 4) is 5.75 Å². The van der Waals surface area contributed by atoms with Gasteiger partial charge < -0.3 is 5.11 Å². The number of imide groups is 2. The van der Waals surface area contributed by atoms with Gasteiger partial charge in [0.1, 0.15) is 5.75 Å². The van der Waals surface area contributed by atoms with E-state index >= 15 is 0 Å². The third kappa shape index (κ3) is 4.59. The molecule has 2 aliphatic carbocycles. The lowest BCUT2D eigenvalue weighted by Crippen LogP contribution is -2.48. The van der Waals surface area contributed by atoms with Crippen LogP contribution in [-0.4, -0.2) is 34.5 Å². The third-order valence-electron chi connectivity index (χ3n) is 11.0. The Morgan fingerprint density at radius 1 is 0.755 bits per heavy atom. The molecule has 2 heterocycles. The van der Waals surface area contributed by atoms with E-state index in [-0.39, 0.29) is 48.0 Å². The summed E-state index contributed by atoms with van der Waals surface area (Å²) in [5.41, 5.74) is 1.83. The van der Waals surface area contributed by atoms with Crippen LogP contribution in [0.25, 0.3) is 0 Å². The number of para-hydroxylation sites is 1. The van der Waals surface area contributed by atoms with E-state index in [1.54, 1.807) is 97.9 Å². The van der Waals surface area contributed by atoms with Gasteiger partial charge in [-0.25, -0.2) is 4.90 Å². The molecule has 0 spiro atoms. The summed E-state index contributed by atoms with van der Waals surface area (Å²) in [6, 6.07) is 29.2. The highest BCUT2D eigenvalue weighted by Crippen LogP contribution is 2.64. The Kier molecular flexibility index (Phi) is 7.30. The lowest BCUT2D eigenvalue weighted by Gasteiger charge is -2.49. The molecule has 8 nitrogen and oxygen atoms in total. The summed E-state index contributed by atoms with van der Waals surface area (Å²) in [7, 11) is 0. The van der Waals surface area contributed by atoms with Crippen molar-refractivity contribution >= 4 is 56.7 Å². The maximum absolute atomic E-state index is 14.5. The lowest BCUT2D eigenvalue weighted by molar-refractivity contribution is -0.131. The first-order chi connectivity index (χ1) is 23.6. The number of ketones is 1. The molecule has 4 aromatic rings. The fourth-order valence-corrected chi connectivity index (χ4v) is 9.09. The number of nitrogens with zero attached hydrogens (tertiary/aromatic N) is 2. The van der Waals surface area contributed by atoms with E-state index < -0.39 is 35.0 Å². The van der Waals surface area contributed by atoms with Crippen LogP contribution >= 0.6 is 15.9 Å². The first-order valence-electron chi connectivity index (χ1n) is 16.3. The maximum atomic E-state index is 14.5. The predicted molar refractivity (Wildman–Crippen MR) is 186 cm³/mol. The van der Waals surface area contributed by atoms with E-state index in [1.165, 1.54) is 9.80 Å². The van der Waals surface area contributed by atoms with Crippen LogP contribution in [0.3, 0.4) is 0 Å². The van der Waals surface area contributed by atoms with Crippen LogP contribution in [0.5, 0.6) is 5.75 Å². The zero-order valence-electron chi connectivity index (χ0n) is 26.5. The number of aromatic hydroxyl groups is 1. The van der Waals surface area contributed by atoms with Crippen LogP contribution < -0.4 is 9.80 Å². The molecule has 0 bridgehead atoms. The minimum absolute atomic E-state index is 0.0177. The Morgan fingerprint density at radius 2 is 1.39 bits per heavy atom. The van der Waals surface area contributed by atoms with Crippen molar-refractivity contribution in [1.82, 2.24) is 0 Å². The van der Waals surface area contributed by atoms with E-state index in [2.05, 4.69) is 15.9 Å². The van der Waals surface area contributed by atoms with E-state index in [9.17, 15) is 29.1 Å². The molecule has 6 unspecified atom stereocenters. The molecule has 0 aromatic heterocycles. The summed E-state index contributed by atoms with van der Waals surface area (Å²) in [6.07, 6.45) is 2.44. The molecule has 244 valence electrons. The molecule has 6 atom stereocenters. The molecule has 1 saturated carbocycles. The third-order valence-corrected chi connectivity index (χ3v) is 11.5. The smallest absolute Gasteiger partial charge is 0.241 e. The second-order valence-electron chi connectivity index (χ2n) is 13.5. The minimum atomic E-state index is -1.26. The molecule has 4 amide bonds. The van der Waals surface area contributed by atoms with Gasteiger partial charge in [-0.1, -0.05) is 76.1 Å². The summed E-state index contributed by atoms with van der Waals surface area (Å²) < 4.78 is 0.695. The summed E-state index contributed by atoms with van der Waals surface area (Å²) in [4.78, 5) is 72.7. The monoisotopic (exact) mass is 714 g/mol. The van der Waals surface area contributed by atoms with Crippen molar-refractivity contribution in [1.29, 1.82) is 0 Å². The molecule has 9 heteroatoms. The van der Waals surface area contributed by atoms with Crippen molar-refractivity contribution < 1.29 is 29.1 Å². The number of amides is 4. The number of phenolic OH excluding ortho intramolecular Hbond substituents is 1. The van der Waals surface area contributed by atoms with Gasteiger partial charge in [0.2, 0.25) is 23.6 Å². The summed E-state index contributed by atoms with van der Waals surface area (Å²) in [5.74, 6) is -5.05. The Hall–Kier alpha value is -5.15. The van der Waals surface area contributed by atoms with Crippen LogP contribution in [0.2, 0.25) is 0 Å². The van der Waals surface area contributed by atoms with Crippen LogP contribution in [0, 0.1) is 29.1 Å². The highest BCUT2D eigenvalue weighted by atomic mass is 79.9. The van der Waals surface area contributed by atoms with Gasteiger partial charge in [-0.05, 0) is 80.3 Å². The van der Waals surface area contributed by atoms with Crippen LogP contribution in [0.15, 0.2) is 119 Å². The second-order valence-corrected chi connectivity index (χ2v) is 14.4. The van der Waals surface area contributed by atoms with E-state index in [1.807, 2.05) is 18.2 Å². The van der Waals surface area contributed by atoms with Gasteiger partial charge in [0, 0.05) is 27.1 Å². The van der Waals surface area contributed by atoms with Gasteiger partial charge in [-0.3, -0.25) is 28.9 Å². The number of halogens is 1. The molecule has 2 aliphatic heterocycles. The number of anilines is 2. The van der Waals surface area contributed by atoms with Crippen LogP contribution in [-0.2, 0) is 19.2 Å². The Balaban J connectivity index is 1.19. The van der Waals surface area contributed by atoms with Crippen molar-refractivity contribution in [3.63, 3.8) is 0 Å². The van der Waals surface area contributed by atoms with Crippen molar-refractivity contribution in [3.05, 3.63) is 136 Å². The van der Waals surface area contributed by atoms with Gasteiger partial charge in [-0.2, -0.15) is 0 Å². The molecule has 3 fully saturated rings.